The van der Waals surface area contributed by atoms with Crippen LogP contribution in [0, 0.1) is 0 Å². The molecule has 0 aliphatic carbocycles. The van der Waals surface area contributed by atoms with Gasteiger partial charge in [-0.3, -0.25) is 4.79 Å². The number of rotatable bonds is 6. The largest absolute Gasteiger partial charge is 0.480 e. The van der Waals surface area contributed by atoms with Crippen LogP contribution in [0.25, 0.3) is 0 Å². The number of amides is 1. The average molecular weight is 423 g/mol. The van der Waals surface area contributed by atoms with E-state index < -0.39 is 11.5 Å². The number of para-hydroxylation sites is 2. The zero-order valence-electron chi connectivity index (χ0n) is 15.5. The summed E-state index contributed by atoms with van der Waals surface area (Å²) in [5.41, 5.74) is 0.874. The molecule has 0 saturated carbocycles. The number of hydrogen-bond donors (Lipinski definition) is 1. The van der Waals surface area contributed by atoms with E-state index in [0.717, 1.165) is 11.4 Å². The summed E-state index contributed by atoms with van der Waals surface area (Å²) in [7, 11) is 0. The number of carbonyl (C=O) groups is 2. The van der Waals surface area contributed by atoms with Gasteiger partial charge in [-0.1, -0.05) is 35.3 Å². The second-order valence-corrected chi connectivity index (χ2v) is 7.65. The Labute approximate surface area is 173 Å². The lowest BCUT2D eigenvalue weighted by Gasteiger charge is -2.39. The summed E-state index contributed by atoms with van der Waals surface area (Å²) in [5.74, 6) is -0.302. The molecule has 8 heteroatoms. The number of esters is 1. The van der Waals surface area contributed by atoms with Crippen LogP contribution >= 0.6 is 23.2 Å². The van der Waals surface area contributed by atoms with Crippen molar-refractivity contribution in [1.82, 2.24) is 0 Å². The van der Waals surface area contributed by atoms with Crippen LogP contribution in [-0.2, 0) is 14.3 Å². The number of anilines is 2. The van der Waals surface area contributed by atoms with Gasteiger partial charge in [0, 0.05) is 5.02 Å². The van der Waals surface area contributed by atoms with Gasteiger partial charge in [-0.15, -0.1) is 0 Å². The minimum absolute atomic E-state index is 0.0483. The second kappa shape index (κ2) is 8.29. The van der Waals surface area contributed by atoms with Crippen molar-refractivity contribution in [2.75, 3.05) is 30.0 Å². The highest BCUT2D eigenvalue weighted by atomic mass is 35.5. The monoisotopic (exact) mass is 422 g/mol. The van der Waals surface area contributed by atoms with Crippen molar-refractivity contribution < 1.29 is 19.1 Å². The predicted molar refractivity (Wildman–Crippen MR) is 109 cm³/mol. The van der Waals surface area contributed by atoms with Crippen LogP contribution in [0.1, 0.15) is 13.8 Å². The first-order valence-electron chi connectivity index (χ1n) is 8.70. The number of nitrogens with zero attached hydrogens (tertiary/aromatic N) is 1. The number of halogens is 2. The Bertz CT molecular complexity index is 902. The molecule has 0 unspecified atom stereocenters. The Balaban J connectivity index is 1.55. The lowest BCUT2D eigenvalue weighted by molar-refractivity contribution is -0.146. The highest BCUT2D eigenvalue weighted by molar-refractivity contribution is 6.35. The molecule has 0 radical (unpaired) electrons. The molecule has 0 fully saturated rings. The minimum atomic E-state index is -0.743. The summed E-state index contributed by atoms with van der Waals surface area (Å²) in [4.78, 5) is 26.3. The molecule has 0 aromatic heterocycles. The van der Waals surface area contributed by atoms with Crippen LogP contribution < -0.4 is 15.0 Å². The van der Waals surface area contributed by atoms with Gasteiger partial charge in [0.2, 0.25) is 0 Å². The predicted octanol–water partition coefficient (Wildman–Crippen LogP) is 4.15. The van der Waals surface area contributed by atoms with Gasteiger partial charge in [0.1, 0.15) is 17.9 Å². The lowest BCUT2D eigenvalue weighted by Crippen LogP contribution is -2.54. The highest BCUT2D eigenvalue weighted by Crippen LogP contribution is 2.34. The molecule has 3 rings (SSSR count). The summed E-state index contributed by atoms with van der Waals surface area (Å²) in [5, 5.41) is 4.01. The topological polar surface area (TPSA) is 67.9 Å². The van der Waals surface area contributed by atoms with Gasteiger partial charge in [0.15, 0.2) is 6.61 Å². The Kier molecular flexibility index (Phi) is 6.01. The Morgan fingerprint density at radius 3 is 2.68 bits per heavy atom. The summed E-state index contributed by atoms with van der Waals surface area (Å²) in [6.07, 6.45) is 0. The lowest BCUT2D eigenvalue weighted by atomic mass is 9.98. The number of ether oxygens (including phenoxy) is 2. The van der Waals surface area contributed by atoms with Crippen LogP contribution in [0.4, 0.5) is 11.4 Å². The molecule has 0 atom stereocenters. The van der Waals surface area contributed by atoms with Crippen LogP contribution in [-0.4, -0.2) is 37.2 Å². The van der Waals surface area contributed by atoms with E-state index in [9.17, 15) is 9.59 Å². The van der Waals surface area contributed by atoms with E-state index in [-0.39, 0.29) is 25.7 Å². The van der Waals surface area contributed by atoms with E-state index >= 15 is 0 Å². The number of fused-ring (bicyclic) bond motifs is 1. The van der Waals surface area contributed by atoms with Crippen LogP contribution in [0.3, 0.4) is 0 Å². The molecule has 1 aliphatic heterocycles. The quantitative estimate of drug-likeness (QED) is 0.707. The maximum atomic E-state index is 12.7. The molecule has 1 aliphatic rings. The molecule has 28 heavy (non-hydrogen) atoms. The molecular weight excluding hydrogens is 403 g/mol. The first-order valence-corrected chi connectivity index (χ1v) is 9.46. The third kappa shape index (κ3) is 4.51. The molecule has 6 nitrogen and oxygen atoms in total. The van der Waals surface area contributed by atoms with Crippen molar-refractivity contribution >= 4 is 46.5 Å². The zero-order chi connectivity index (χ0) is 20.3. The van der Waals surface area contributed by atoms with Gasteiger partial charge in [0.05, 0.1) is 22.9 Å². The third-order valence-corrected chi connectivity index (χ3v) is 4.77. The van der Waals surface area contributed by atoms with Crippen molar-refractivity contribution in [2.24, 2.45) is 0 Å². The van der Waals surface area contributed by atoms with Gasteiger partial charge < -0.3 is 19.7 Å². The Hall–Kier alpha value is -2.44. The van der Waals surface area contributed by atoms with E-state index in [2.05, 4.69) is 5.32 Å². The summed E-state index contributed by atoms with van der Waals surface area (Å²) in [6, 6.07) is 12.2. The number of benzene rings is 2. The first-order chi connectivity index (χ1) is 13.3. The Morgan fingerprint density at radius 2 is 1.93 bits per heavy atom. The van der Waals surface area contributed by atoms with E-state index in [0.29, 0.717) is 15.8 Å². The van der Waals surface area contributed by atoms with Gasteiger partial charge in [-0.2, -0.15) is 0 Å². The fourth-order valence-electron chi connectivity index (χ4n) is 2.90. The molecule has 2 aromatic rings. The maximum absolute atomic E-state index is 12.7. The van der Waals surface area contributed by atoms with E-state index in [1.165, 1.54) is 6.07 Å². The maximum Gasteiger partial charge on any atom is 0.344 e. The molecular formula is C20H20Cl2N2O4. The number of hydrogen-bond acceptors (Lipinski definition) is 5. The van der Waals surface area contributed by atoms with E-state index in [1.807, 2.05) is 38.1 Å². The molecule has 0 spiro atoms. The Morgan fingerprint density at radius 1 is 1.18 bits per heavy atom. The van der Waals surface area contributed by atoms with Crippen LogP contribution in [0.5, 0.6) is 5.75 Å². The zero-order valence-corrected chi connectivity index (χ0v) is 17.0. The number of nitrogens with one attached hydrogen (secondary N) is 1. The molecule has 1 heterocycles. The standard InChI is InChI=1S/C20H20Cl2N2O4/c1-20(2)19(26)24(16-6-4-3-5-15(16)23-20)9-10-27-18(25)12-28-17-8-7-13(21)11-14(17)22/h3-8,11,23H,9-10,12H2,1-2H3. The highest BCUT2D eigenvalue weighted by Gasteiger charge is 2.38. The fourth-order valence-corrected chi connectivity index (χ4v) is 3.36. The smallest absolute Gasteiger partial charge is 0.344 e. The summed E-state index contributed by atoms with van der Waals surface area (Å²) in [6.45, 7) is 3.63. The van der Waals surface area contributed by atoms with Crippen molar-refractivity contribution in [1.29, 1.82) is 0 Å². The second-order valence-electron chi connectivity index (χ2n) is 6.81. The molecule has 0 saturated heterocycles. The molecule has 1 amide bonds. The van der Waals surface area contributed by atoms with E-state index in [1.54, 1.807) is 17.0 Å². The van der Waals surface area contributed by atoms with Gasteiger partial charge in [-0.05, 0) is 44.2 Å². The van der Waals surface area contributed by atoms with Crippen molar-refractivity contribution in [3.8, 4) is 5.75 Å². The third-order valence-electron chi connectivity index (χ3n) is 4.24. The van der Waals surface area contributed by atoms with Crippen LogP contribution in [0.2, 0.25) is 10.0 Å². The number of carbonyl (C=O) groups excluding carboxylic acids is 2. The summed E-state index contributed by atoms with van der Waals surface area (Å²) >= 11 is 11.8. The van der Waals surface area contributed by atoms with Crippen molar-refractivity contribution in [3.63, 3.8) is 0 Å². The normalized spacial score (nSPS) is 14.9. The van der Waals surface area contributed by atoms with Crippen molar-refractivity contribution in [2.45, 2.75) is 19.4 Å². The van der Waals surface area contributed by atoms with Gasteiger partial charge >= 0.3 is 5.97 Å². The van der Waals surface area contributed by atoms with Gasteiger partial charge in [0.25, 0.3) is 5.91 Å². The van der Waals surface area contributed by atoms with Gasteiger partial charge in [-0.25, -0.2) is 4.79 Å². The molecule has 0 bridgehead atoms. The summed E-state index contributed by atoms with van der Waals surface area (Å²) < 4.78 is 10.6. The SMILES string of the molecule is CC1(C)Nc2ccccc2N(CCOC(=O)COc2ccc(Cl)cc2Cl)C1=O. The van der Waals surface area contributed by atoms with Crippen LogP contribution in [0.15, 0.2) is 42.5 Å². The molecule has 148 valence electrons. The average Bonchev–Trinajstić information content (AvgIpc) is 2.64. The molecule has 2 aromatic carbocycles. The van der Waals surface area contributed by atoms with E-state index in [4.69, 9.17) is 32.7 Å². The fraction of sp³-hybridized carbons (Fsp3) is 0.300. The van der Waals surface area contributed by atoms with Crippen molar-refractivity contribution in [3.05, 3.63) is 52.5 Å². The first kappa shape index (κ1) is 20.3. The minimum Gasteiger partial charge on any atom is -0.480 e. The molecule has 1 N–H and O–H groups in total.